The average Bonchev–Trinajstić information content (AvgIpc) is 3.25. The number of hydrogen-bond acceptors (Lipinski definition) is 3. The fraction of sp³-hybridized carbons (Fsp3) is 0.0909. The van der Waals surface area contributed by atoms with Crippen LogP contribution in [0, 0.1) is 0 Å². The van der Waals surface area contributed by atoms with Crippen LogP contribution in [0.1, 0.15) is 21.6 Å². The van der Waals surface area contributed by atoms with E-state index in [2.05, 4.69) is 10.4 Å². The summed E-state index contributed by atoms with van der Waals surface area (Å²) in [4.78, 5) is 13.0. The molecule has 0 aliphatic carbocycles. The number of hydrogen-bond donors (Lipinski definition) is 1. The fourth-order valence-corrected chi connectivity index (χ4v) is 4.79. The fourth-order valence-electron chi connectivity index (χ4n) is 3.52. The monoisotopic (exact) mass is 387 g/mol. The number of nitrogens with one attached hydrogen (secondary N) is 1. The predicted octanol–water partition coefficient (Wildman–Crippen LogP) is 4.04. The van der Waals surface area contributed by atoms with Crippen molar-refractivity contribution >= 4 is 33.3 Å². The highest BCUT2D eigenvalue weighted by Crippen LogP contribution is 2.31. The highest BCUT2D eigenvalue weighted by Gasteiger charge is 2.28. The van der Waals surface area contributed by atoms with E-state index in [9.17, 15) is 9.00 Å². The summed E-state index contributed by atoms with van der Waals surface area (Å²) in [6, 6.07) is 23.2. The van der Waals surface area contributed by atoms with E-state index in [0.29, 0.717) is 22.9 Å². The van der Waals surface area contributed by atoms with Crippen LogP contribution in [0.25, 0.3) is 16.5 Å². The smallest absolute Gasteiger partial charge is 0.256 e. The summed E-state index contributed by atoms with van der Waals surface area (Å²) in [5.41, 5.74) is 3.08. The molecule has 1 atom stereocenters. The van der Waals surface area contributed by atoms with Gasteiger partial charge in [-0.3, -0.25) is 9.00 Å². The van der Waals surface area contributed by atoms with Gasteiger partial charge in [-0.2, -0.15) is 5.10 Å². The van der Waals surface area contributed by atoms with Crippen molar-refractivity contribution < 1.29 is 9.00 Å². The molecule has 1 aliphatic rings. The number of para-hydroxylation sites is 1. The van der Waals surface area contributed by atoms with E-state index in [-0.39, 0.29) is 5.91 Å². The number of aromatic nitrogens is 2. The molecular formula is C22H17N3O2S. The Morgan fingerprint density at radius 3 is 2.50 bits per heavy atom. The quantitative estimate of drug-likeness (QED) is 0.577. The Kier molecular flexibility index (Phi) is 4.06. The average molecular weight is 387 g/mol. The number of fused-ring (bicyclic) bond motifs is 2. The number of carbonyl (C=O) groups excluding carboxylic acids is 1. The van der Waals surface area contributed by atoms with E-state index in [1.807, 2.05) is 72.8 Å². The topological polar surface area (TPSA) is 64.0 Å². The Morgan fingerprint density at radius 1 is 0.929 bits per heavy atom. The molecule has 0 saturated carbocycles. The molecule has 1 aliphatic heterocycles. The summed E-state index contributed by atoms with van der Waals surface area (Å²) in [7, 11) is -0.968. The molecule has 6 heteroatoms. The first-order valence-corrected chi connectivity index (χ1v) is 10.5. The summed E-state index contributed by atoms with van der Waals surface area (Å²) in [5.74, 6) is 1.23. The van der Waals surface area contributed by atoms with Crippen molar-refractivity contribution in [2.24, 2.45) is 0 Å². The summed E-state index contributed by atoms with van der Waals surface area (Å²) in [6.07, 6.45) is 0. The van der Waals surface area contributed by atoms with Gasteiger partial charge in [0.2, 0.25) is 0 Å². The maximum absolute atomic E-state index is 13.0. The third-order valence-corrected chi connectivity index (χ3v) is 6.12. The van der Waals surface area contributed by atoms with Gasteiger partial charge in [-0.25, -0.2) is 4.68 Å². The third-order valence-electron chi connectivity index (χ3n) is 4.91. The minimum absolute atomic E-state index is 0.205. The Balaban J connectivity index is 1.55. The number of rotatable bonds is 3. The zero-order valence-electron chi connectivity index (χ0n) is 15.0. The van der Waals surface area contributed by atoms with E-state index < -0.39 is 10.8 Å². The van der Waals surface area contributed by atoms with Crippen LogP contribution in [0.5, 0.6) is 0 Å². The van der Waals surface area contributed by atoms with Crippen molar-refractivity contribution in [3.8, 4) is 5.69 Å². The van der Waals surface area contributed by atoms with Crippen LogP contribution in [0.15, 0.2) is 72.8 Å². The zero-order chi connectivity index (χ0) is 19.1. The molecule has 3 aromatic carbocycles. The van der Waals surface area contributed by atoms with Crippen LogP contribution in [0.4, 0.5) is 5.82 Å². The van der Waals surface area contributed by atoms with Crippen LogP contribution < -0.4 is 5.32 Å². The highest BCUT2D eigenvalue weighted by atomic mass is 32.2. The van der Waals surface area contributed by atoms with Gasteiger partial charge in [0.1, 0.15) is 5.82 Å². The van der Waals surface area contributed by atoms with Gasteiger partial charge in [0.15, 0.2) is 0 Å². The Morgan fingerprint density at radius 2 is 1.68 bits per heavy atom. The molecule has 2 heterocycles. The van der Waals surface area contributed by atoms with Crippen molar-refractivity contribution in [2.75, 3.05) is 5.32 Å². The number of anilines is 1. The van der Waals surface area contributed by atoms with Gasteiger partial charge in [-0.1, -0.05) is 48.5 Å². The lowest BCUT2D eigenvalue weighted by molar-refractivity contribution is 0.102. The van der Waals surface area contributed by atoms with Gasteiger partial charge < -0.3 is 5.32 Å². The summed E-state index contributed by atoms with van der Waals surface area (Å²) >= 11 is 0. The standard InChI is InChI=1S/C22H17N3O2S/c26-22(17-11-10-15-6-4-5-7-16(15)12-17)23-21-19-13-28(27)14-20(19)24-25(21)18-8-2-1-3-9-18/h1-12H,13-14H2,(H,23,26)/t28-/m1/s1. The van der Waals surface area contributed by atoms with E-state index in [4.69, 9.17) is 0 Å². The molecule has 0 bridgehead atoms. The number of benzene rings is 3. The molecule has 5 rings (SSSR count). The maximum atomic E-state index is 13.0. The van der Waals surface area contributed by atoms with E-state index >= 15 is 0 Å². The zero-order valence-corrected chi connectivity index (χ0v) is 15.8. The Hall–Kier alpha value is -3.25. The highest BCUT2D eigenvalue weighted by molar-refractivity contribution is 7.83. The molecule has 0 fully saturated rings. The normalized spacial score (nSPS) is 15.5. The summed E-state index contributed by atoms with van der Waals surface area (Å²) in [5, 5.41) is 9.73. The Labute approximate surface area is 164 Å². The lowest BCUT2D eigenvalue weighted by Crippen LogP contribution is -2.16. The van der Waals surface area contributed by atoms with Crippen molar-refractivity contribution in [2.45, 2.75) is 11.5 Å². The second-order valence-electron chi connectivity index (χ2n) is 6.77. The molecule has 4 aromatic rings. The number of amides is 1. The molecule has 1 amide bonds. The molecule has 0 unspecified atom stereocenters. The maximum Gasteiger partial charge on any atom is 0.256 e. The van der Waals surface area contributed by atoms with Gasteiger partial charge in [-0.15, -0.1) is 0 Å². The van der Waals surface area contributed by atoms with Crippen LogP contribution >= 0.6 is 0 Å². The van der Waals surface area contributed by atoms with Gasteiger partial charge in [-0.05, 0) is 35.0 Å². The van der Waals surface area contributed by atoms with Crippen LogP contribution in [0.3, 0.4) is 0 Å². The predicted molar refractivity (Wildman–Crippen MR) is 111 cm³/mol. The van der Waals surface area contributed by atoms with Crippen LogP contribution in [-0.2, 0) is 22.3 Å². The van der Waals surface area contributed by atoms with Gasteiger partial charge in [0, 0.05) is 21.9 Å². The molecular weight excluding hydrogens is 370 g/mol. The van der Waals surface area contributed by atoms with E-state index in [0.717, 1.165) is 27.7 Å². The van der Waals surface area contributed by atoms with Crippen molar-refractivity contribution in [3.63, 3.8) is 0 Å². The van der Waals surface area contributed by atoms with Crippen molar-refractivity contribution in [1.82, 2.24) is 9.78 Å². The largest absolute Gasteiger partial charge is 0.306 e. The third kappa shape index (κ3) is 2.92. The van der Waals surface area contributed by atoms with Gasteiger partial charge >= 0.3 is 0 Å². The van der Waals surface area contributed by atoms with E-state index in [1.165, 1.54) is 0 Å². The van der Waals surface area contributed by atoms with Crippen molar-refractivity contribution in [1.29, 1.82) is 0 Å². The molecule has 0 radical (unpaired) electrons. The molecule has 0 spiro atoms. The summed E-state index contributed by atoms with van der Waals surface area (Å²) in [6.45, 7) is 0. The van der Waals surface area contributed by atoms with Crippen LogP contribution in [0.2, 0.25) is 0 Å². The molecule has 1 N–H and O–H groups in total. The minimum Gasteiger partial charge on any atom is -0.306 e. The first kappa shape index (κ1) is 16.9. The molecule has 5 nitrogen and oxygen atoms in total. The second kappa shape index (κ2) is 6.73. The molecule has 0 saturated heterocycles. The van der Waals surface area contributed by atoms with Crippen molar-refractivity contribution in [3.05, 3.63) is 89.6 Å². The van der Waals surface area contributed by atoms with Gasteiger partial charge in [0.05, 0.1) is 22.9 Å². The molecule has 138 valence electrons. The first-order valence-electron chi connectivity index (χ1n) is 9.00. The second-order valence-corrected chi connectivity index (χ2v) is 8.22. The van der Waals surface area contributed by atoms with E-state index in [1.54, 1.807) is 4.68 Å². The first-order chi connectivity index (χ1) is 13.7. The number of nitrogens with zero attached hydrogens (tertiary/aromatic N) is 2. The lowest BCUT2D eigenvalue weighted by Gasteiger charge is -2.11. The molecule has 28 heavy (non-hydrogen) atoms. The lowest BCUT2D eigenvalue weighted by atomic mass is 10.1. The van der Waals surface area contributed by atoms with Crippen LogP contribution in [-0.4, -0.2) is 19.9 Å². The number of carbonyl (C=O) groups is 1. The SMILES string of the molecule is O=C(Nc1c2c(nn1-c1ccccc1)C[S@](=O)C2)c1ccc2ccccc2c1. The minimum atomic E-state index is -0.968. The van der Waals surface area contributed by atoms with Gasteiger partial charge in [0.25, 0.3) is 5.91 Å². The Bertz CT molecular complexity index is 1230. The molecule has 1 aromatic heterocycles. The summed E-state index contributed by atoms with van der Waals surface area (Å²) < 4.78 is 13.7.